The molecule has 1 fully saturated rings. The number of fused-ring (bicyclic) bond motifs is 4. The molecular weight excluding hydrogens is 650 g/mol. The van der Waals surface area contributed by atoms with Crippen LogP contribution in [0.15, 0.2) is 41.7 Å². The van der Waals surface area contributed by atoms with Gasteiger partial charge in [-0.2, -0.15) is 0 Å². The number of carbonyl (C=O) groups is 3. The van der Waals surface area contributed by atoms with E-state index in [2.05, 4.69) is 29.0 Å². The van der Waals surface area contributed by atoms with Crippen LogP contribution in [-0.2, 0) is 50.0 Å². The highest BCUT2D eigenvalue weighted by Gasteiger charge is 2.85. The summed E-state index contributed by atoms with van der Waals surface area (Å²) in [6.07, 6.45) is 3.31. The number of aromatic hydroxyl groups is 1. The predicted molar refractivity (Wildman–Crippen MR) is 173 cm³/mol. The number of rotatable bonds is 11. The fraction of sp³-hybridized carbons (Fsp3) is 0.378. The number of methoxy groups -OCH3 is 4. The normalized spacial score (nSPS) is 26.5. The highest BCUT2D eigenvalue weighted by atomic mass is 16.7. The molecule has 0 saturated carbocycles. The van der Waals surface area contributed by atoms with Crippen molar-refractivity contribution in [3.63, 3.8) is 0 Å². The van der Waals surface area contributed by atoms with Crippen molar-refractivity contribution in [3.8, 4) is 40.9 Å². The molecule has 1 saturated heterocycles. The molecule has 2 unspecified atom stereocenters. The second-order valence-corrected chi connectivity index (χ2v) is 12.1. The van der Waals surface area contributed by atoms with E-state index in [0.29, 0.717) is 28.1 Å². The number of allylic oxidation sites excluding steroid dienone is 2. The summed E-state index contributed by atoms with van der Waals surface area (Å²) in [6, 6.07) is 4.01. The summed E-state index contributed by atoms with van der Waals surface area (Å²) in [5.74, 6) is 8.65. The van der Waals surface area contributed by atoms with Crippen molar-refractivity contribution < 1.29 is 57.4 Å². The lowest BCUT2D eigenvalue weighted by Crippen LogP contribution is -2.55. The number of nitrogens with one attached hydrogen (secondary N) is 1. The van der Waals surface area contributed by atoms with Crippen LogP contribution in [0.2, 0.25) is 0 Å². The summed E-state index contributed by atoms with van der Waals surface area (Å²) in [5.41, 5.74) is -0.221. The monoisotopic (exact) mass is 683 g/mol. The number of hydrogen-bond donors (Lipinski definition) is 2. The van der Waals surface area contributed by atoms with Gasteiger partial charge in [0.05, 0.1) is 23.8 Å². The fourth-order valence-corrected chi connectivity index (χ4v) is 7.83. The topological polar surface area (TPSA) is 161 Å². The van der Waals surface area contributed by atoms with Crippen molar-refractivity contribution in [1.29, 1.82) is 0 Å². The number of Topliss-reactive ketones (excluding diaryl/α,β-unsaturated/α-hetero) is 1. The minimum Gasteiger partial charge on any atom is -0.507 e. The lowest BCUT2D eigenvalue weighted by atomic mass is 9.59. The second kappa shape index (κ2) is 12.5. The molecule has 4 bridgehead atoms. The molecule has 0 radical (unpaired) electrons. The molecule has 5 aliphatic rings. The number of esters is 1. The van der Waals surface area contributed by atoms with Gasteiger partial charge in [-0.25, -0.2) is 4.79 Å². The van der Waals surface area contributed by atoms with Crippen LogP contribution in [0.25, 0.3) is 0 Å². The van der Waals surface area contributed by atoms with Crippen LogP contribution in [0.1, 0.15) is 39.5 Å². The van der Waals surface area contributed by atoms with Gasteiger partial charge in [0.2, 0.25) is 5.78 Å². The first-order chi connectivity index (χ1) is 24.2. The van der Waals surface area contributed by atoms with E-state index < -0.39 is 53.4 Å². The van der Waals surface area contributed by atoms with E-state index in [1.54, 1.807) is 31.2 Å². The summed E-state index contributed by atoms with van der Waals surface area (Å²) in [7, 11) is 5.68. The van der Waals surface area contributed by atoms with Crippen molar-refractivity contribution in [2.75, 3.05) is 54.1 Å². The molecule has 13 heteroatoms. The quantitative estimate of drug-likeness (QED) is 0.0759. The van der Waals surface area contributed by atoms with Gasteiger partial charge in [0.25, 0.3) is 5.78 Å². The zero-order valence-corrected chi connectivity index (χ0v) is 27.9. The van der Waals surface area contributed by atoms with Gasteiger partial charge in [-0.15, -0.1) is 0 Å². The first kappa shape index (κ1) is 33.2. The number of epoxide rings is 1. The largest absolute Gasteiger partial charge is 0.507 e. The molecule has 2 heterocycles. The van der Waals surface area contributed by atoms with Crippen LogP contribution in [0.3, 0.4) is 0 Å². The Balaban J connectivity index is 1.45. The Morgan fingerprint density at radius 3 is 2.34 bits per heavy atom. The molecule has 5 atom stereocenters. The van der Waals surface area contributed by atoms with E-state index in [0.717, 1.165) is 0 Å². The standard InChI is InChI=1S/C37H33NO12/c1-19-28(33(41)35(42)49-18-45-4)34(46-5)22-10-8-6-7-9-11-27-36(19)37(22,50-36)23-15-24(39)29-21(31(23)38-27)14-20-25(47-16-43-2)12-13-26(48-17-44-3)30(20)32(29)40/h6-7,12-13,15,19,22,27,38-39H,14,16-18H2,1-5H3/b7-6-/t19-,22?,27?,36-,37+/m0/s1. The third kappa shape index (κ3) is 4.55. The zero-order valence-electron chi connectivity index (χ0n) is 27.9. The van der Waals surface area contributed by atoms with Crippen LogP contribution in [0.5, 0.6) is 17.2 Å². The fourth-order valence-electron chi connectivity index (χ4n) is 7.83. The Hall–Kier alpha value is -5.31. The molecule has 7 rings (SSSR count). The van der Waals surface area contributed by atoms with Crippen LogP contribution in [0.4, 0.5) is 5.69 Å². The zero-order chi connectivity index (χ0) is 35.4. The third-order valence-corrected chi connectivity index (χ3v) is 9.77. The van der Waals surface area contributed by atoms with Crippen LogP contribution in [0, 0.1) is 35.5 Å². The van der Waals surface area contributed by atoms with Gasteiger partial charge in [-0.1, -0.05) is 30.6 Å². The van der Waals surface area contributed by atoms with Crippen molar-refractivity contribution in [1.82, 2.24) is 0 Å². The Morgan fingerprint density at radius 1 is 0.960 bits per heavy atom. The summed E-state index contributed by atoms with van der Waals surface area (Å²) in [5, 5.41) is 15.2. The number of phenolic OH excluding ortho intramolecular Hbond substituents is 1. The van der Waals surface area contributed by atoms with Crippen molar-refractivity contribution >= 4 is 23.2 Å². The molecule has 0 spiro atoms. The van der Waals surface area contributed by atoms with E-state index in [1.807, 2.05) is 0 Å². The molecule has 2 aromatic rings. The molecule has 258 valence electrons. The Kier molecular flexibility index (Phi) is 8.33. The lowest BCUT2D eigenvalue weighted by Gasteiger charge is -2.44. The van der Waals surface area contributed by atoms with E-state index >= 15 is 0 Å². The first-order valence-electron chi connectivity index (χ1n) is 15.7. The van der Waals surface area contributed by atoms with Gasteiger partial charge in [0, 0.05) is 50.5 Å². The first-order valence-corrected chi connectivity index (χ1v) is 15.7. The third-order valence-electron chi connectivity index (χ3n) is 9.77. The SMILES string of the molecule is COCOC(=O)C(=O)C1=C(OC)C2C#C/C=C\C#CC3Nc4c(cc(O)c5c4Cc4c(OCOC)ccc(OCOC)c4C5=O)[C@]24O[C@@]34[C@H]1C. The number of ketones is 2. The summed E-state index contributed by atoms with van der Waals surface area (Å²) < 4.78 is 44.5. The summed E-state index contributed by atoms with van der Waals surface area (Å²) in [6.45, 7) is 1.16. The molecule has 13 nitrogen and oxygen atoms in total. The summed E-state index contributed by atoms with van der Waals surface area (Å²) in [4.78, 5) is 41.0. The molecule has 2 N–H and O–H groups in total. The van der Waals surface area contributed by atoms with Crippen molar-refractivity contribution in [2.45, 2.75) is 30.6 Å². The van der Waals surface area contributed by atoms with Gasteiger partial charge in [-0.3, -0.25) is 9.59 Å². The molecule has 2 aromatic carbocycles. The highest BCUT2D eigenvalue weighted by molar-refractivity contribution is 6.40. The maximum Gasteiger partial charge on any atom is 0.381 e. The van der Waals surface area contributed by atoms with E-state index in [9.17, 15) is 19.5 Å². The molecule has 0 aromatic heterocycles. The number of hydrogen-bond acceptors (Lipinski definition) is 13. The minimum absolute atomic E-state index is 0.0393. The number of anilines is 1. The molecule has 3 aliphatic carbocycles. The Morgan fingerprint density at radius 2 is 1.64 bits per heavy atom. The van der Waals surface area contributed by atoms with Gasteiger partial charge in [0.15, 0.2) is 20.4 Å². The smallest absolute Gasteiger partial charge is 0.381 e. The predicted octanol–water partition coefficient (Wildman–Crippen LogP) is 2.71. The number of ether oxygens (including phenoxy) is 8. The maximum absolute atomic E-state index is 14.4. The minimum atomic E-state index is -1.31. The van der Waals surface area contributed by atoms with Gasteiger partial charge < -0.3 is 48.3 Å². The van der Waals surface area contributed by atoms with E-state index in [1.165, 1.54) is 34.5 Å². The second-order valence-electron chi connectivity index (χ2n) is 12.1. The Labute approximate surface area is 287 Å². The molecule has 2 aliphatic heterocycles. The van der Waals surface area contributed by atoms with E-state index in [4.69, 9.17) is 37.9 Å². The average molecular weight is 684 g/mol. The maximum atomic E-state index is 14.4. The molecular formula is C37H33NO12. The summed E-state index contributed by atoms with van der Waals surface area (Å²) >= 11 is 0. The Bertz CT molecular complexity index is 2030. The van der Waals surface area contributed by atoms with Crippen molar-refractivity contribution in [3.05, 3.63) is 69.5 Å². The molecule has 0 amide bonds. The van der Waals surface area contributed by atoms with Crippen molar-refractivity contribution in [2.24, 2.45) is 11.8 Å². The van der Waals surface area contributed by atoms with Crippen LogP contribution >= 0.6 is 0 Å². The average Bonchev–Trinajstić information content (AvgIpc) is 3.85. The molecule has 50 heavy (non-hydrogen) atoms. The van der Waals surface area contributed by atoms with Gasteiger partial charge in [0.1, 0.15) is 46.2 Å². The van der Waals surface area contributed by atoms with Gasteiger partial charge in [-0.05, 0) is 35.9 Å². The van der Waals surface area contributed by atoms with Crippen LogP contribution in [-0.4, -0.2) is 83.1 Å². The van der Waals surface area contributed by atoms with Gasteiger partial charge >= 0.3 is 5.97 Å². The highest BCUT2D eigenvalue weighted by Crippen LogP contribution is 2.74. The lowest BCUT2D eigenvalue weighted by molar-refractivity contribution is -0.160. The van der Waals surface area contributed by atoms with Crippen LogP contribution < -0.4 is 14.8 Å². The number of carbonyl (C=O) groups excluding carboxylic acids is 3. The van der Waals surface area contributed by atoms with E-state index in [-0.39, 0.29) is 54.0 Å². The number of benzene rings is 2. The number of phenols is 1.